The third kappa shape index (κ3) is 3.61. The fourth-order valence-corrected chi connectivity index (χ4v) is 3.32. The van der Waals surface area contributed by atoms with E-state index in [9.17, 15) is 4.79 Å². The van der Waals surface area contributed by atoms with Gasteiger partial charge in [-0.05, 0) is 30.2 Å². The summed E-state index contributed by atoms with van der Waals surface area (Å²) in [5, 5.41) is 9.91. The van der Waals surface area contributed by atoms with Gasteiger partial charge in [0.25, 0.3) is 0 Å². The normalized spacial score (nSPS) is 10.9. The zero-order chi connectivity index (χ0) is 15.6. The summed E-state index contributed by atoms with van der Waals surface area (Å²) in [6.45, 7) is 4.08. The third-order valence-corrected chi connectivity index (χ3v) is 4.34. The van der Waals surface area contributed by atoms with Crippen LogP contribution in [0.4, 0.5) is 5.69 Å². The molecule has 0 aliphatic carbocycles. The second-order valence-corrected chi connectivity index (χ2v) is 6.58. The van der Waals surface area contributed by atoms with E-state index in [1.165, 1.54) is 11.3 Å². The van der Waals surface area contributed by atoms with Gasteiger partial charge in [-0.3, -0.25) is 4.79 Å². The summed E-state index contributed by atoms with van der Waals surface area (Å²) < 4.78 is 0. The molecule has 0 aliphatic rings. The number of hydrogen-bond donors (Lipinski definition) is 1. The highest BCUT2D eigenvalue weighted by atomic mass is 32.1. The second kappa shape index (κ2) is 6.26. The number of carbonyl (C=O) groups is 1. The zero-order valence-electron chi connectivity index (χ0n) is 12.8. The summed E-state index contributed by atoms with van der Waals surface area (Å²) in [6.07, 6.45) is 0.0426. The number of carboxylic acid groups (broad SMARTS) is 1. The molecule has 0 aliphatic heterocycles. The summed E-state index contributed by atoms with van der Waals surface area (Å²) in [6, 6.07) is 8.15. The van der Waals surface area contributed by atoms with Crippen LogP contribution in [-0.2, 0) is 11.2 Å². The fourth-order valence-electron chi connectivity index (χ4n) is 2.10. The number of aromatic nitrogens is 1. The van der Waals surface area contributed by atoms with Crippen molar-refractivity contribution in [1.29, 1.82) is 0 Å². The minimum Gasteiger partial charge on any atom is -0.481 e. The Hall–Kier alpha value is -1.88. The first-order valence-electron chi connectivity index (χ1n) is 6.87. The first-order valence-corrected chi connectivity index (χ1v) is 7.69. The van der Waals surface area contributed by atoms with E-state index in [1.807, 2.05) is 57.1 Å². The van der Waals surface area contributed by atoms with Gasteiger partial charge in [0.2, 0.25) is 0 Å². The maximum atomic E-state index is 11.0. The maximum Gasteiger partial charge on any atom is 0.308 e. The lowest BCUT2D eigenvalue weighted by Gasteiger charge is -2.12. The fraction of sp³-hybridized carbons (Fsp3) is 0.375. The molecule has 5 heteroatoms. The van der Waals surface area contributed by atoms with Crippen LogP contribution < -0.4 is 4.90 Å². The minimum absolute atomic E-state index is 0.0426. The quantitative estimate of drug-likeness (QED) is 0.916. The molecule has 0 amide bonds. The molecule has 21 heavy (non-hydrogen) atoms. The van der Waals surface area contributed by atoms with E-state index in [0.717, 1.165) is 26.8 Å². The van der Waals surface area contributed by atoms with Crippen molar-refractivity contribution in [3.05, 3.63) is 34.8 Å². The van der Waals surface area contributed by atoms with Gasteiger partial charge in [-0.25, -0.2) is 4.98 Å². The topological polar surface area (TPSA) is 53.4 Å². The van der Waals surface area contributed by atoms with E-state index in [2.05, 4.69) is 4.98 Å². The maximum absolute atomic E-state index is 11.0. The number of hydrogen-bond acceptors (Lipinski definition) is 4. The van der Waals surface area contributed by atoms with Crippen molar-refractivity contribution in [3.63, 3.8) is 0 Å². The van der Waals surface area contributed by atoms with Gasteiger partial charge in [0, 0.05) is 30.2 Å². The van der Waals surface area contributed by atoms with E-state index in [-0.39, 0.29) is 12.3 Å². The second-order valence-electron chi connectivity index (χ2n) is 5.49. The van der Waals surface area contributed by atoms with Crippen molar-refractivity contribution in [1.82, 2.24) is 4.98 Å². The lowest BCUT2D eigenvalue weighted by molar-refractivity contribution is -0.136. The average Bonchev–Trinajstić information content (AvgIpc) is 2.82. The van der Waals surface area contributed by atoms with Crippen molar-refractivity contribution in [3.8, 4) is 10.6 Å². The molecule has 0 saturated carbocycles. The highest BCUT2D eigenvalue weighted by Gasteiger charge is 2.17. The molecule has 4 nitrogen and oxygen atoms in total. The van der Waals surface area contributed by atoms with Crippen molar-refractivity contribution in [2.45, 2.75) is 26.2 Å². The van der Waals surface area contributed by atoms with E-state index in [0.29, 0.717) is 0 Å². The van der Waals surface area contributed by atoms with Crippen LogP contribution in [0.2, 0.25) is 0 Å². The van der Waals surface area contributed by atoms with Crippen molar-refractivity contribution in [2.75, 3.05) is 19.0 Å². The number of nitrogens with zero attached hydrogens (tertiary/aromatic N) is 2. The standard InChI is InChI=1S/C16H20N2O2S/c1-10(2)15-13(9-14(19)20)21-16(17-15)11-5-7-12(8-6-11)18(3)4/h5-8,10H,9H2,1-4H3,(H,19,20). The lowest BCUT2D eigenvalue weighted by Crippen LogP contribution is -2.07. The van der Waals surface area contributed by atoms with Gasteiger partial charge in [-0.1, -0.05) is 13.8 Å². The van der Waals surface area contributed by atoms with Crippen LogP contribution >= 0.6 is 11.3 Å². The smallest absolute Gasteiger partial charge is 0.308 e. The van der Waals surface area contributed by atoms with Gasteiger partial charge in [-0.15, -0.1) is 11.3 Å². The molecule has 1 N–H and O–H groups in total. The van der Waals surface area contributed by atoms with Crippen LogP contribution in [0.1, 0.15) is 30.3 Å². The monoisotopic (exact) mass is 304 g/mol. The highest BCUT2D eigenvalue weighted by molar-refractivity contribution is 7.15. The van der Waals surface area contributed by atoms with Gasteiger partial charge in [-0.2, -0.15) is 0 Å². The van der Waals surface area contributed by atoms with Crippen molar-refractivity contribution in [2.24, 2.45) is 0 Å². The molecule has 0 spiro atoms. The Kier molecular flexibility index (Phi) is 4.63. The van der Waals surface area contributed by atoms with Crippen molar-refractivity contribution >= 4 is 23.0 Å². The molecule has 0 bridgehead atoms. The Morgan fingerprint density at radius 3 is 2.38 bits per heavy atom. The number of anilines is 1. The van der Waals surface area contributed by atoms with E-state index in [1.54, 1.807) is 0 Å². The predicted octanol–water partition coefficient (Wildman–Crippen LogP) is 3.63. The Morgan fingerprint density at radius 2 is 1.90 bits per heavy atom. The number of thiazole rings is 1. The van der Waals surface area contributed by atoms with Crippen LogP contribution in [0.25, 0.3) is 10.6 Å². The van der Waals surface area contributed by atoms with Crippen LogP contribution in [0.3, 0.4) is 0 Å². The number of aliphatic carboxylic acids is 1. The molecular weight excluding hydrogens is 284 g/mol. The summed E-state index contributed by atoms with van der Waals surface area (Å²) in [5.41, 5.74) is 3.06. The zero-order valence-corrected chi connectivity index (χ0v) is 13.6. The summed E-state index contributed by atoms with van der Waals surface area (Å²) in [4.78, 5) is 18.5. The van der Waals surface area contributed by atoms with Gasteiger partial charge in [0.05, 0.1) is 12.1 Å². The Balaban J connectivity index is 2.37. The first-order chi connectivity index (χ1) is 9.88. The molecule has 112 valence electrons. The van der Waals surface area contributed by atoms with E-state index in [4.69, 9.17) is 5.11 Å². The molecular formula is C16H20N2O2S. The molecule has 2 rings (SSSR count). The molecule has 0 fully saturated rings. The molecule has 1 heterocycles. The number of benzene rings is 1. The minimum atomic E-state index is -0.810. The summed E-state index contributed by atoms with van der Waals surface area (Å²) in [7, 11) is 4.00. The summed E-state index contributed by atoms with van der Waals surface area (Å²) >= 11 is 1.48. The number of rotatable bonds is 5. The molecule has 0 radical (unpaired) electrons. The number of carboxylic acids is 1. The van der Waals surface area contributed by atoms with Gasteiger partial charge in [0.15, 0.2) is 0 Å². The Bertz CT molecular complexity index is 630. The molecule has 2 aromatic rings. The summed E-state index contributed by atoms with van der Waals surface area (Å²) in [5.74, 6) is -0.583. The molecule has 0 atom stereocenters. The van der Waals surface area contributed by atoms with Gasteiger partial charge >= 0.3 is 5.97 Å². The highest BCUT2D eigenvalue weighted by Crippen LogP contribution is 2.32. The third-order valence-electron chi connectivity index (χ3n) is 3.22. The van der Waals surface area contributed by atoms with Crippen LogP contribution in [-0.4, -0.2) is 30.2 Å². The van der Waals surface area contributed by atoms with Gasteiger partial charge < -0.3 is 10.0 Å². The van der Waals surface area contributed by atoms with Gasteiger partial charge in [0.1, 0.15) is 5.01 Å². The van der Waals surface area contributed by atoms with Crippen LogP contribution in [0.15, 0.2) is 24.3 Å². The Labute approximate surface area is 129 Å². The predicted molar refractivity (Wildman–Crippen MR) is 87.3 cm³/mol. The Morgan fingerprint density at radius 1 is 1.29 bits per heavy atom. The van der Waals surface area contributed by atoms with E-state index < -0.39 is 5.97 Å². The average molecular weight is 304 g/mol. The molecule has 0 unspecified atom stereocenters. The largest absolute Gasteiger partial charge is 0.481 e. The van der Waals surface area contributed by atoms with Crippen molar-refractivity contribution < 1.29 is 9.90 Å². The van der Waals surface area contributed by atoms with E-state index >= 15 is 0 Å². The lowest BCUT2D eigenvalue weighted by atomic mass is 10.1. The SMILES string of the molecule is CC(C)c1nc(-c2ccc(N(C)C)cc2)sc1CC(=O)O. The molecule has 1 aromatic carbocycles. The van der Waals surface area contributed by atoms with Crippen LogP contribution in [0, 0.1) is 0 Å². The first kappa shape index (κ1) is 15.5. The van der Waals surface area contributed by atoms with Crippen LogP contribution in [0.5, 0.6) is 0 Å². The molecule has 1 aromatic heterocycles. The molecule has 0 saturated heterocycles.